The average molecular weight is 717 g/mol. The Labute approximate surface area is 301 Å². The molecule has 0 spiro atoms. The molecule has 0 saturated heterocycles. The van der Waals surface area contributed by atoms with Gasteiger partial charge in [0.05, 0.1) is 13.2 Å². The lowest BCUT2D eigenvalue weighted by atomic mass is 10.0. The molecule has 0 amide bonds. The van der Waals surface area contributed by atoms with Crippen molar-refractivity contribution >= 4 is 19.8 Å². The number of hydrogen-bond acceptors (Lipinski definition) is 7. The molecule has 2 atom stereocenters. The number of rotatable bonds is 38. The summed E-state index contributed by atoms with van der Waals surface area (Å²) in [4.78, 5) is 34.6. The number of hydrogen-bond donors (Lipinski definition) is 1. The second-order valence-corrected chi connectivity index (χ2v) is 15.1. The predicted molar refractivity (Wildman–Crippen MR) is 203 cm³/mol. The van der Waals surface area contributed by atoms with E-state index >= 15 is 0 Å². The normalized spacial score (nSPS) is 13.5. The van der Waals surface area contributed by atoms with E-state index in [1.165, 1.54) is 122 Å². The van der Waals surface area contributed by atoms with E-state index in [1.807, 2.05) is 0 Å². The molecule has 49 heavy (non-hydrogen) atoms. The van der Waals surface area contributed by atoms with Crippen LogP contribution in [0.5, 0.6) is 0 Å². The highest BCUT2D eigenvalue weighted by molar-refractivity contribution is 7.47. The van der Waals surface area contributed by atoms with Crippen LogP contribution in [0.1, 0.15) is 207 Å². The smallest absolute Gasteiger partial charge is 0.462 e. The fourth-order valence-corrected chi connectivity index (χ4v) is 6.56. The van der Waals surface area contributed by atoms with Gasteiger partial charge in [-0.2, -0.15) is 0 Å². The molecule has 0 aliphatic heterocycles. The lowest BCUT2D eigenvalue weighted by Crippen LogP contribution is -2.29. The summed E-state index contributed by atoms with van der Waals surface area (Å²) in [5, 5.41) is 0. The van der Waals surface area contributed by atoms with E-state index in [2.05, 4.69) is 26.0 Å². The quantitative estimate of drug-likeness (QED) is 0.0291. The lowest BCUT2D eigenvalue weighted by Gasteiger charge is -2.19. The van der Waals surface area contributed by atoms with Crippen LogP contribution in [0.15, 0.2) is 12.2 Å². The summed E-state index contributed by atoms with van der Waals surface area (Å²) in [6.07, 6.45) is 36.9. The molecular weight excluding hydrogens is 639 g/mol. The van der Waals surface area contributed by atoms with E-state index in [0.29, 0.717) is 12.8 Å². The molecule has 0 aliphatic rings. The maximum atomic E-state index is 12.5. The molecule has 0 bridgehead atoms. The van der Waals surface area contributed by atoms with Gasteiger partial charge in [0.2, 0.25) is 0 Å². The minimum absolute atomic E-state index is 0.00260. The first-order valence-electron chi connectivity index (χ1n) is 20.5. The van der Waals surface area contributed by atoms with Gasteiger partial charge in [-0.3, -0.25) is 18.6 Å². The van der Waals surface area contributed by atoms with Gasteiger partial charge in [-0.05, 0) is 45.4 Å². The third-order valence-electron chi connectivity index (χ3n) is 8.82. The van der Waals surface area contributed by atoms with Crippen LogP contribution in [-0.2, 0) is 32.7 Å². The molecule has 0 rings (SSSR count). The minimum atomic E-state index is -4.27. The molecule has 0 aliphatic carbocycles. The maximum absolute atomic E-state index is 12.5. The highest BCUT2D eigenvalue weighted by Crippen LogP contribution is 2.43. The molecule has 0 aromatic heterocycles. The summed E-state index contributed by atoms with van der Waals surface area (Å²) in [7, 11) is -4.27. The molecule has 290 valence electrons. The van der Waals surface area contributed by atoms with Crippen LogP contribution in [-0.4, -0.2) is 42.8 Å². The highest BCUT2D eigenvalue weighted by atomic mass is 31.2. The SMILES string of the molecule is CCCCCCCC/C=C\CCCCCCCCCC(=O)OC(COC(=O)CCCCCCCCCCCCCC)COP(=O)(O)OCC. The van der Waals surface area contributed by atoms with Crippen molar-refractivity contribution in [3.8, 4) is 0 Å². The topological polar surface area (TPSA) is 108 Å². The summed E-state index contributed by atoms with van der Waals surface area (Å²) >= 11 is 0. The van der Waals surface area contributed by atoms with Crippen LogP contribution in [0.3, 0.4) is 0 Å². The fraction of sp³-hybridized carbons (Fsp3) is 0.900. The zero-order valence-electron chi connectivity index (χ0n) is 32.1. The van der Waals surface area contributed by atoms with Gasteiger partial charge in [-0.1, -0.05) is 161 Å². The maximum Gasteiger partial charge on any atom is 0.472 e. The third-order valence-corrected chi connectivity index (χ3v) is 9.88. The van der Waals surface area contributed by atoms with Crippen LogP contribution in [0, 0.1) is 0 Å². The Morgan fingerprint density at radius 1 is 0.531 bits per heavy atom. The van der Waals surface area contributed by atoms with Crippen LogP contribution in [0.25, 0.3) is 0 Å². The summed E-state index contributed by atoms with van der Waals surface area (Å²) in [5.74, 6) is -0.795. The van der Waals surface area contributed by atoms with Gasteiger partial charge in [-0.25, -0.2) is 4.57 Å². The first-order chi connectivity index (χ1) is 23.8. The Kier molecular flexibility index (Phi) is 35.7. The Hall–Kier alpha value is -1.21. The lowest BCUT2D eigenvalue weighted by molar-refractivity contribution is -0.161. The number of ether oxygens (including phenoxy) is 2. The molecule has 2 unspecified atom stereocenters. The number of allylic oxidation sites excluding steroid dienone is 2. The van der Waals surface area contributed by atoms with E-state index < -0.39 is 19.9 Å². The number of phosphoric acid groups is 1. The first kappa shape index (κ1) is 47.8. The van der Waals surface area contributed by atoms with Gasteiger partial charge in [0.15, 0.2) is 6.10 Å². The first-order valence-corrected chi connectivity index (χ1v) is 22.0. The van der Waals surface area contributed by atoms with Crippen molar-refractivity contribution in [3.05, 3.63) is 12.2 Å². The van der Waals surface area contributed by atoms with Gasteiger partial charge in [-0.15, -0.1) is 0 Å². The van der Waals surface area contributed by atoms with Crippen molar-refractivity contribution in [3.63, 3.8) is 0 Å². The van der Waals surface area contributed by atoms with Crippen molar-refractivity contribution in [2.75, 3.05) is 19.8 Å². The molecule has 0 aromatic rings. The van der Waals surface area contributed by atoms with Gasteiger partial charge in [0.25, 0.3) is 0 Å². The van der Waals surface area contributed by atoms with Crippen molar-refractivity contribution in [1.29, 1.82) is 0 Å². The van der Waals surface area contributed by atoms with Crippen molar-refractivity contribution < 1.29 is 37.6 Å². The molecule has 0 radical (unpaired) electrons. The average Bonchev–Trinajstić information content (AvgIpc) is 3.07. The standard InChI is InChI=1S/C40H77O8P/c1-4-7-9-11-13-15-17-19-20-21-22-23-25-27-29-31-33-35-40(42)48-38(37-47-49(43,44)46-6-3)36-45-39(41)34-32-30-28-26-24-18-16-14-12-10-8-5-2/h19-20,38H,4-18,21-37H2,1-3H3,(H,43,44)/b20-19-. The van der Waals surface area contributed by atoms with E-state index in [-0.39, 0.29) is 32.2 Å². The zero-order valence-corrected chi connectivity index (χ0v) is 33.0. The minimum Gasteiger partial charge on any atom is -0.462 e. The molecule has 0 aromatic carbocycles. The van der Waals surface area contributed by atoms with Gasteiger partial charge in [0, 0.05) is 12.8 Å². The monoisotopic (exact) mass is 717 g/mol. The highest BCUT2D eigenvalue weighted by Gasteiger charge is 2.25. The molecule has 8 nitrogen and oxygen atoms in total. The zero-order chi connectivity index (χ0) is 36.1. The van der Waals surface area contributed by atoms with E-state index in [1.54, 1.807) is 6.92 Å². The largest absolute Gasteiger partial charge is 0.472 e. The second kappa shape index (κ2) is 36.6. The molecule has 0 saturated carbocycles. The van der Waals surface area contributed by atoms with Crippen LogP contribution in [0.2, 0.25) is 0 Å². The van der Waals surface area contributed by atoms with Gasteiger partial charge >= 0.3 is 19.8 Å². The van der Waals surface area contributed by atoms with Crippen LogP contribution < -0.4 is 0 Å². The summed E-state index contributed by atoms with van der Waals surface area (Å²) in [6, 6.07) is 0. The Morgan fingerprint density at radius 3 is 1.35 bits per heavy atom. The van der Waals surface area contributed by atoms with E-state index in [0.717, 1.165) is 44.9 Å². The number of esters is 2. The second-order valence-electron chi connectivity index (χ2n) is 13.7. The Bertz CT molecular complexity index is 818. The van der Waals surface area contributed by atoms with E-state index in [4.69, 9.17) is 18.5 Å². The van der Waals surface area contributed by atoms with Gasteiger partial charge < -0.3 is 14.4 Å². The molecule has 9 heteroatoms. The predicted octanol–water partition coefficient (Wildman–Crippen LogP) is 12.5. The Morgan fingerprint density at radius 2 is 0.918 bits per heavy atom. The van der Waals surface area contributed by atoms with Crippen molar-refractivity contribution in [2.24, 2.45) is 0 Å². The summed E-state index contributed by atoms with van der Waals surface area (Å²) < 4.78 is 32.6. The Balaban J connectivity index is 4.09. The number of phosphoric ester groups is 1. The van der Waals surface area contributed by atoms with E-state index in [9.17, 15) is 19.0 Å². The summed E-state index contributed by atoms with van der Waals surface area (Å²) in [5.41, 5.74) is 0. The molecule has 0 fully saturated rings. The van der Waals surface area contributed by atoms with Crippen molar-refractivity contribution in [1.82, 2.24) is 0 Å². The number of unbranched alkanes of at least 4 members (excludes halogenated alkanes) is 24. The summed E-state index contributed by atoms with van der Waals surface area (Å²) in [6.45, 7) is 5.47. The molecule has 0 heterocycles. The molecular formula is C40H77O8P. The third kappa shape index (κ3) is 36.4. The van der Waals surface area contributed by atoms with Crippen LogP contribution >= 0.6 is 7.82 Å². The van der Waals surface area contributed by atoms with Crippen molar-refractivity contribution in [2.45, 2.75) is 213 Å². The number of carbonyl (C=O) groups is 2. The molecule has 1 N–H and O–H groups in total. The van der Waals surface area contributed by atoms with Crippen LogP contribution in [0.4, 0.5) is 0 Å². The van der Waals surface area contributed by atoms with Gasteiger partial charge in [0.1, 0.15) is 6.61 Å². The fourth-order valence-electron chi connectivity index (χ4n) is 5.80. The number of carbonyl (C=O) groups excluding carboxylic acids is 2.